The van der Waals surface area contributed by atoms with Crippen molar-refractivity contribution in [2.45, 2.75) is 18.9 Å². The third kappa shape index (κ3) is 3.21. The van der Waals surface area contributed by atoms with Crippen LogP contribution in [0.15, 0.2) is 12.3 Å². The SMILES string of the molecule is Fc1cc(Cl)cnc1N1CCC(N2CCSCC2)CC1. The number of piperidine rings is 1. The summed E-state index contributed by atoms with van der Waals surface area (Å²) in [6, 6.07) is 2.00. The van der Waals surface area contributed by atoms with E-state index in [0.29, 0.717) is 16.9 Å². The van der Waals surface area contributed by atoms with Crippen molar-refractivity contribution >= 4 is 29.2 Å². The van der Waals surface area contributed by atoms with Gasteiger partial charge >= 0.3 is 0 Å². The lowest BCUT2D eigenvalue weighted by Crippen LogP contribution is -2.48. The van der Waals surface area contributed by atoms with Crippen molar-refractivity contribution in [3.8, 4) is 0 Å². The van der Waals surface area contributed by atoms with E-state index in [1.807, 2.05) is 16.7 Å². The first kappa shape index (κ1) is 14.4. The van der Waals surface area contributed by atoms with E-state index in [4.69, 9.17) is 11.6 Å². The quantitative estimate of drug-likeness (QED) is 0.835. The summed E-state index contributed by atoms with van der Waals surface area (Å²) in [5, 5.41) is 0.354. The van der Waals surface area contributed by atoms with Gasteiger partial charge in [0, 0.05) is 49.9 Å². The first-order valence-electron chi connectivity index (χ1n) is 7.12. The van der Waals surface area contributed by atoms with Crippen LogP contribution in [0.25, 0.3) is 0 Å². The highest BCUT2D eigenvalue weighted by Crippen LogP contribution is 2.26. The highest BCUT2D eigenvalue weighted by atomic mass is 35.5. The molecule has 20 heavy (non-hydrogen) atoms. The summed E-state index contributed by atoms with van der Waals surface area (Å²) in [5.74, 6) is 2.62. The largest absolute Gasteiger partial charge is 0.354 e. The molecule has 1 aromatic heterocycles. The molecule has 3 nitrogen and oxygen atoms in total. The van der Waals surface area contributed by atoms with Gasteiger partial charge in [-0.1, -0.05) is 11.6 Å². The molecule has 0 bridgehead atoms. The van der Waals surface area contributed by atoms with E-state index in [9.17, 15) is 4.39 Å². The van der Waals surface area contributed by atoms with Gasteiger partial charge in [0.05, 0.1) is 5.02 Å². The second-order valence-electron chi connectivity index (χ2n) is 5.33. The van der Waals surface area contributed by atoms with E-state index in [1.54, 1.807) is 0 Å². The van der Waals surface area contributed by atoms with Crippen LogP contribution in [0.3, 0.4) is 0 Å². The fourth-order valence-corrected chi connectivity index (χ4v) is 4.10. The van der Waals surface area contributed by atoms with Gasteiger partial charge in [-0.15, -0.1) is 0 Å². The number of hydrogen-bond acceptors (Lipinski definition) is 4. The minimum absolute atomic E-state index is 0.315. The zero-order valence-electron chi connectivity index (χ0n) is 11.4. The Hall–Kier alpha value is -0.520. The third-order valence-corrected chi connectivity index (χ3v) is 5.26. The van der Waals surface area contributed by atoms with Crippen LogP contribution in [0.1, 0.15) is 12.8 Å². The Bertz CT molecular complexity index is 460. The molecule has 0 saturated carbocycles. The maximum Gasteiger partial charge on any atom is 0.167 e. The highest BCUT2D eigenvalue weighted by Gasteiger charge is 2.27. The van der Waals surface area contributed by atoms with E-state index in [0.717, 1.165) is 25.9 Å². The van der Waals surface area contributed by atoms with Crippen LogP contribution in [0.5, 0.6) is 0 Å². The minimum atomic E-state index is -0.315. The zero-order chi connectivity index (χ0) is 13.9. The molecule has 6 heteroatoms. The molecule has 0 radical (unpaired) electrons. The molecule has 3 rings (SSSR count). The van der Waals surface area contributed by atoms with E-state index < -0.39 is 0 Å². The van der Waals surface area contributed by atoms with Crippen LogP contribution in [0, 0.1) is 5.82 Å². The molecule has 0 unspecified atom stereocenters. The molecule has 0 atom stereocenters. The Balaban J connectivity index is 1.60. The predicted molar refractivity (Wildman–Crippen MR) is 83.3 cm³/mol. The van der Waals surface area contributed by atoms with Gasteiger partial charge in [0.2, 0.25) is 0 Å². The zero-order valence-corrected chi connectivity index (χ0v) is 13.0. The summed E-state index contributed by atoms with van der Waals surface area (Å²) in [6.45, 7) is 4.14. The van der Waals surface area contributed by atoms with Gasteiger partial charge in [0.25, 0.3) is 0 Å². The second kappa shape index (κ2) is 6.50. The molecule has 0 aromatic carbocycles. The van der Waals surface area contributed by atoms with Gasteiger partial charge < -0.3 is 4.90 Å². The number of hydrogen-bond donors (Lipinski definition) is 0. The van der Waals surface area contributed by atoms with Crippen LogP contribution in [0.2, 0.25) is 5.02 Å². The fraction of sp³-hybridized carbons (Fsp3) is 0.643. The van der Waals surface area contributed by atoms with Gasteiger partial charge in [0.1, 0.15) is 0 Å². The van der Waals surface area contributed by atoms with E-state index in [-0.39, 0.29) is 5.82 Å². The first-order valence-corrected chi connectivity index (χ1v) is 8.65. The van der Waals surface area contributed by atoms with Crippen LogP contribution in [0.4, 0.5) is 10.2 Å². The van der Waals surface area contributed by atoms with Crippen LogP contribution >= 0.6 is 23.4 Å². The van der Waals surface area contributed by atoms with Crippen LogP contribution < -0.4 is 4.90 Å². The fourth-order valence-electron chi connectivity index (χ4n) is 3.03. The molecule has 0 aliphatic carbocycles. The summed E-state index contributed by atoms with van der Waals surface area (Å²) in [7, 11) is 0. The summed E-state index contributed by atoms with van der Waals surface area (Å²) in [6.07, 6.45) is 3.71. The molecule has 0 amide bonds. The average molecular weight is 316 g/mol. The average Bonchev–Trinajstić information content (AvgIpc) is 2.48. The number of aromatic nitrogens is 1. The Labute approximate surface area is 128 Å². The normalized spacial score (nSPS) is 22.2. The van der Waals surface area contributed by atoms with Gasteiger partial charge in [-0.2, -0.15) is 11.8 Å². The lowest BCUT2D eigenvalue weighted by molar-refractivity contribution is 0.185. The van der Waals surface area contributed by atoms with E-state index in [1.165, 1.54) is 36.9 Å². The van der Waals surface area contributed by atoms with Crippen molar-refractivity contribution in [2.24, 2.45) is 0 Å². The topological polar surface area (TPSA) is 19.4 Å². The smallest absolute Gasteiger partial charge is 0.167 e. The number of halogens is 2. The van der Waals surface area contributed by atoms with Gasteiger partial charge in [-0.25, -0.2) is 9.37 Å². The monoisotopic (exact) mass is 315 g/mol. The Kier molecular flexibility index (Phi) is 4.68. The number of nitrogens with zero attached hydrogens (tertiary/aromatic N) is 3. The van der Waals surface area contributed by atoms with Crippen molar-refractivity contribution < 1.29 is 4.39 Å². The van der Waals surface area contributed by atoms with Gasteiger partial charge in [-0.05, 0) is 18.9 Å². The number of anilines is 1. The molecule has 2 fully saturated rings. The van der Waals surface area contributed by atoms with Gasteiger partial charge in [-0.3, -0.25) is 4.90 Å². The second-order valence-corrected chi connectivity index (χ2v) is 6.99. The maximum atomic E-state index is 13.9. The van der Waals surface area contributed by atoms with Gasteiger partial charge in [0.15, 0.2) is 11.6 Å². The summed E-state index contributed by atoms with van der Waals surface area (Å²) in [5.41, 5.74) is 0. The number of pyridine rings is 1. The highest BCUT2D eigenvalue weighted by molar-refractivity contribution is 7.99. The van der Waals surface area contributed by atoms with Crippen molar-refractivity contribution in [2.75, 3.05) is 42.6 Å². The number of thioether (sulfide) groups is 1. The van der Waals surface area contributed by atoms with E-state index in [2.05, 4.69) is 9.88 Å². The van der Waals surface area contributed by atoms with Crippen molar-refractivity contribution in [3.05, 3.63) is 23.1 Å². The Morgan fingerprint density at radius 1 is 1.20 bits per heavy atom. The first-order chi connectivity index (χ1) is 9.74. The summed E-state index contributed by atoms with van der Waals surface area (Å²) < 4.78 is 13.9. The molecule has 1 aromatic rings. The lowest BCUT2D eigenvalue weighted by atomic mass is 10.0. The molecule has 2 aliphatic rings. The maximum absolute atomic E-state index is 13.9. The van der Waals surface area contributed by atoms with Crippen molar-refractivity contribution in [3.63, 3.8) is 0 Å². The molecule has 2 saturated heterocycles. The third-order valence-electron chi connectivity index (χ3n) is 4.11. The Morgan fingerprint density at radius 2 is 1.90 bits per heavy atom. The predicted octanol–water partition coefficient (Wildman–Crippen LogP) is 2.89. The van der Waals surface area contributed by atoms with Crippen LogP contribution in [-0.4, -0.2) is 53.6 Å². The van der Waals surface area contributed by atoms with Crippen molar-refractivity contribution in [1.29, 1.82) is 0 Å². The minimum Gasteiger partial charge on any atom is -0.354 e. The molecular formula is C14H19ClFN3S. The standard InChI is InChI=1S/C14H19ClFN3S/c15-11-9-13(16)14(17-10-11)19-3-1-12(2-4-19)18-5-7-20-8-6-18/h9-10,12H,1-8H2. The van der Waals surface area contributed by atoms with Crippen molar-refractivity contribution in [1.82, 2.24) is 9.88 Å². The van der Waals surface area contributed by atoms with E-state index >= 15 is 0 Å². The number of rotatable bonds is 2. The van der Waals surface area contributed by atoms with Crippen LogP contribution in [-0.2, 0) is 0 Å². The lowest BCUT2D eigenvalue weighted by Gasteiger charge is -2.40. The summed E-state index contributed by atoms with van der Waals surface area (Å²) >= 11 is 7.79. The molecule has 110 valence electrons. The molecule has 2 aliphatic heterocycles. The Morgan fingerprint density at radius 3 is 2.55 bits per heavy atom. The molecule has 0 spiro atoms. The molecule has 3 heterocycles. The summed E-state index contributed by atoms with van der Waals surface area (Å²) in [4.78, 5) is 8.78. The molecule has 0 N–H and O–H groups in total. The molecular weight excluding hydrogens is 297 g/mol.